The van der Waals surface area contributed by atoms with Crippen LogP contribution < -0.4 is 4.57 Å². The summed E-state index contributed by atoms with van der Waals surface area (Å²) >= 11 is 1.82. The third kappa shape index (κ3) is 1.65. The van der Waals surface area contributed by atoms with Crippen molar-refractivity contribution in [3.8, 4) is 11.3 Å². The van der Waals surface area contributed by atoms with Gasteiger partial charge in [-0.05, 0) is 41.5 Å². The van der Waals surface area contributed by atoms with Crippen LogP contribution in [0.1, 0.15) is 5.56 Å². The van der Waals surface area contributed by atoms with E-state index in [-0.39, 0.29) is 0 Å². The van der Waals surface area contributed by atoms with E-state index < -0.39 is 0 Å². The van der Waals surface area contributed by atoms with Gasteiger partial charge in [-0.15, -0.1) is 11.3 Å². The Labute approximate surface area is 105 Å². The van der Waals surface area contributed by atoms with Crippen LogP contribution in [0.25, 0.3) is 21.3 Å². The Kier molecular flexibility index (Phi) is 2.45. The molecular formula is C15H14NS+. The summed E-state index contributed by atoms with van der Waals surface area (Å²) in [6, 6.07) is 12.9. The van der Waals surface area contributed by atoms with E-state index >= 15 is 0 Å². The van der Waals surface area contributed by atoms with Crippen LogP contribution in [0, 0.1) is 6.92 Å². The molecule has 2 heteroatoms. The zero-order valence-corrected chi connectivity index (χ0v) is 10.8. The molecule has 2 heterocycles. The van der Waals surface area contributed by atoms with Crippen molar-refractivity contribution in [1.29, 1.82) is 0 Å². The Morgan fingerprint density at radius 2 is 1.94 bits per heavy atom. The van der Waals surface area contributed by atoms with Crippen LogP contribution in [-0.4, -0.2) is 0 Å². The predicted octanol–water partition coefficient (Wildman–Crippen LogP) is 3.70. The lowest BCUT2D eigenvalue weighted by Crippen LogP contribution is -2.30. The van der Waals surface area contributed by atoms with Crippen LogP contribution in [0.5, 0.6) is 0 Å². The summed E-state index contributed by atoms with van der Waals surface area (Å²) in [6.45, 7) is 2.21. The monoisotopic (exact) mass is 240 g/mol. The first-order valence-electron chi connectivity index (χ1n) is 5.69. The smallest absolute Gasteiger partial charge is 0.201 e. The Morgan fingerprint density at radius 3 is 2.76 bits per heavy atom. The van der Waals surface area contributed by atoms with Gasteiger partial charge in [0, 0.05) is 16.8 Å². The van der Waals surface area contributed by atoms with Gasteiger partial charge in [0.05, 0.1) is 5.56 Å². The molecule has 84 valence electrons. The van der Waals surface area contributed by atoms with Gasteiger partial charge in [-0.3, -0.25) is 0 Å². The number of aryl methyl sites for hydroxylation is 2. The van der Waals surface area contributed by atoms with Crippen LogP contribution in [0.2, 0.25) is 0 Å². The van der Waals surface area contributed by atoms with Gasteiger partial charge in [-0.1, -0.05) is 6.07 Å². The second kappa shape index (κ2) is 3.97. The normalized spacial score (nSPS) is 10.9. The van der Waals surface area contributed by atoms with Gasteiger partial charge in [0.25, 0.3) is 0 Å². The molecule has 0 atom stereocenters. The summed E-state index contributed by atoms with van der Waals surface area (Å²) < 4.78 is 3.56. The van der Waals surface area contributed by atoms with Crippen molar-refractivity contribution in [3.05, 3.63) is 53.5 Å². The van der Waals surface area contributed by atoms with E-state index in [0.29, 0.717) is 0 Å². The van der Waals surface area contributed by atoms with Gasteiger partial charge in [0.2, 0.25) is 5.69 Å². The number of aromatic nitrogens is 1. The highest BCUT2D eigenvalue weighted by molar-refractivity contribution is 7.17. The van der Waals surface area contributed by atoms with Gasteiger partial charge < -0.3 is 0 Å². The van der Waals surface area contributed by atoms with Crippen molar-refractivity contribution in [1.82, 2.24) is 0 Å². The number of pyridine rings is 1. The minimum absolute atomic E-state index is 1.26. The lowest BCUT2D eigenvalue weighted by molar-refractivity contribution is -0.660. The van der Waals surface area contributed by atoms with E-state index in [1.807, 2.05) is 11.3 Å². The molecular weight excluding hydrogens is 226 g/mol. The average Bonchev–Trinajstić information content (AvgIpc) is 2.80. The molecule has 0 fully saturated rings. The van der Waals surface area contributed by atoms with Crippen molar-refractivity contribution in [3.63, 3.8) is 0 Å². The molecule has 1 aromatic carbocycles. The minimum atomic E-state index is 1.26. The zero-order chi connectivity index (χ0) is 11.8. The molecule has 17 heavy (non-hydrogen) atoms. The molecule has 0 aliphatic carbocycles. The molecule has 0 unspecified atom stereocenters. The molecule has 0 N–H and O–H groups in total. The fourth-order valence-electron chi connectivity index (χ4n) is 2.26. The SMILES string of the molecule is Cc1c(-c2cccc[n+]2C)ccc2ccsc12. The number of thiophene rings is 1. The predicted molar refractivity (Wildman–Crippen MR) is 73.2 cm³/mol. The van der Waals surface area contributed by atoms with E-state index in [4.69, 9.17) is 0 Å². The molecule has 0 aliphatic heterocycles. The Hall–Kier alpha value is -1.67. The number of fused-ring (bicyclic) bond motifs is 1. The summed E-state index contributed by atoms with van der Waals surface area (Å²) in [4.78, 5) is 0. The van der Waals surface area contributed by atoms with Crippen LogP contribution in [0.15, 0.2) is 48.0 Å². The van der Waals surface area contributed by atoms with Crippen LogP contribution in [-0.2, 0) is 7.05 Å². The topological polar surface area (TPSA) is 3.88 Å². The largest absolute Gasteiger partial charge is 0.212 e. The molecule has 3 rings (SSSR count). The maximum Gasteiger partial charge on any atom is 0.212 e. The fraction of sp³-hybridized carbons (Fsp3) is 0.133. The van der Waals surface area contributed by atoms with E-state index in [9.17, 15) is 0 Å². The lowest BCUT2D eigenvalue weighted by Gasteiger charge is -2.05. The van der Waals surface area contributed by atoms with Crippen LogP contribution >= 0.6 is 11.3 Å². The maximum atomic E-state index is 2.22. The Bertz CT molecular complexity index is 682. The van der Waals surface area contributed by atoms with E-state index in [0.717, 1.165) is 0 Å². The third-order valence-corrected chi connectivity index (χ3v) is 4.25. The summed E-state index contributed by atoms with van der Waals surface area (Å²) in [5.41, 5.74) is 3.96. The average molecular weight is 240 g/mol. The van der Waals surface area contributed by atoms with Gasteiger partial charge in [-0.2, -0.15) is 0 Å². The highest BCUT2D eigenvalue weighted by Gasteiger charge is 2.13. The zero-order valence-electron chi connectivity index (χ0n) is 9.97. The molecule has 0 saturated carbocycles. The van der Waals surface area contributed by atoms with Gasteiger partial charge in [-0.25, -0.2) is 4.57 Å². The molecule has 3 aromatic rings. The summed E-state index contributed by atoms with van der Waals surface area (Å²) in [7, 11) is 2.09. The number of benzene rings is 1. The summed E-state index contributed by atoms with van der Waals surface area (Å²) in [6.07, 6.45) is 2.09. The molecule has 0 aliphatic rings. The van der Waals surface area contributed by atoms with Crippen molar-refractivity contribution in [2.24, 2.45) is 7.05 Å². The highest BCUT2D eigenvalue weighted by atomic mass is 32.1. The van der Waals surface area contributed by atoms with E-state index in [2.05, 4.69) is 66.5 Å². The van der Waals surface area contributed by atoms with Crippen molar-refractivity contribution < 1.29 is 4.57 Å². The summed E-state index contributed by atoms with van der Waals surface area (Å²) in [5, 5.41) is 3.50. The number of rotatable bonds is 1. The van der Waals surface area contributed by atoms with Gasteiger partial charge in [0.1, 0.15) is 7.05 Å². The lowest BCUT2D eigenvalue weighted by atomic mass is 10.0. The molecule has 0 bridgehead atoms. The van der Waals surface area contributed by atoms with Gasteiger partial charge in [0.15, 0.2) is 6.20 Å². The third-order valence-electron chi connectivity index (χ3n) is 3.20. The maximum absolute atomic E-state index is 2.22. The Balaban J connectivity index is 2.31. The van der Waals surface area contributed by atoms with Crippen molar-refractivity contribution >= 4 is 21.4 Å². The van der Waals surface area contributed by atoms with E-state index in [1.165, 1.54) is 26.9 Å². The highest BCUT2D eigenvalue weighted by Crippen LogP contribution is 2.31. The van der Waals surface area contributed by atoms with Crippen molar-refractivity contribution in [2.45, 2.75) is 6.92 Å². The first kappa shape index (κ1) is 10.5. The second-order valence-electron chi connectivity index (χ2n) is 4.27. The Morgan fingerprint density at radius 1 is 1.06 bits per heavy atom. The molecule has 0 spiro atoms. The number of hydrogen-bond donors (Lipinski definition) is 0. The quantitative estimate of drug-likeness (QED) is 0.571. The van der Waals surface area contributed by atoms with Crippen LogP contribution in [0.3, 0.4) is 0 Å². The summed E-state index contributed by atoms with van der Waals surface area (Å²) in [5.74, 6) is 0. The van der Waals surface area contributed by atoms with E-state index in [1.54, 1.807) is 0 Å². The minimum Gasteiger partial charge on any atom is -0.201 e. The number of hydrogen-bond acceptors (Lipinski definition) is 1. The second-order valence-corrected chi connectivity index (χ2v) is 5.19. The fourth-order valence-corrected chi connectivity index (χ4v) is 3.17. The van der Waals surface area contributed by atoms with Crippen LogP contribution in [0.4, 0.5) is 0 Å². The first-order chi connectivity index (χ1) is 8.27. The standard InChI is InChI=1S/C15H14NS/c1-11-13(14-5-3-4-9-16(14)2)7-6-12-8-10-17-15(11)12/h3-10H,1-2H3/q+1. The number of nitrogens with zero attached hydrogens (tertiary/aromatic N) is 1. The molecule has 0 amide bonds. The molecule has 1 nitrogen and oxygen atoms in total. The van der Waals surface area contributed by atoms with Crippen molar-refractivity contribution in [2.75, 3.05) is 0 Å². The molecule has 0 saturated heterocycles. The molecule has 2 aromatic heterocycles. The first-order valence-corrected chi connectivity index (χ1v) is 6.57. The van der Waals surface area contributed by atoms with Gasteiger partial charge >= 0.3 is 0 Å². The molecule has 0 radical (unpaired) electrons.